The maximum absolute atomic E-state index is 12.3. The van der Waals surface area contributed by atoms with Crippen molar-refractivity contribution in [2.45, 2.75) is 12.5 Å². The van der Waals surface area contributed by atoms with Gasteiger partial charge in [0.2, 0.25) is 0 Å². The van der Waals surface area contributed by atoms with Crippen LogP contribution in [-0.2, 0) is 20.8 Å². The molecular weight excluding hydrogens is 296 g/mol. The van der Waals surface area contributed by atoms with E-state index in [4.69, 9.17) is 4.84 Å². The van der Waals surface area contributed by atoms with Gasteiger partial charge in [-0.05, 0) is 16.3 Å². The number of ether oxygens (including phenoxy) is 1. The third-order valence-electron chi connectivity index (χ3n) is 3.61. The van der Waals surface area contributed by atoms with E-state index in [2.05, 4.69) is 10.1 Å². The second-order valence-electron chi connectivity index (χ2n) is 5.09. The Bertz CT molecular complexity index is 702. The summed E-state index contributed by atoms with van der Waals surface area (Å²) in [5.41, 5.74) is 0.933. The van der Waals surface area contributed by atoms with Gasteiger partial charge in [0.1, 0.15) is 6.04 Å². The summed E-state index contributed by atoms with van der Waals surface area (Å²) in [6.07, 6.45) is -0.319. The van der Waals surface area contributed by atoms with E-state index < -0.39 is 12.1 Å². The zero-order valence-electron chi connectivity index (χ0n) is 13.4. The molecule has 1 N–H and O–H groups in total. The molecule has 0 aliphatic heterocycles. The van der Waals surface area contributed by atoms with Crippen molar-refractivity contribution in [3.63, 3.8) is 0 Å². The molecule has 23 heavy (non-hydrogen) atoms. The highest BCUT2D eigenvalue weighted by molar-refractivity contribution is 5.86. The van der Waals surface area contributed by atoms with E-state index in [1.165, 1.54) is 21.3 Å². The number of carbonyl (C=O) groups is 2. The van der Waals surface area contributed by atoms with Gasteiger partial charge in [-0.15, -0.1) is 0 Å². The fraction of sp³-hybridized carbons (Fsp3) is 0.294. The average Bonchev–Trinajstić information content (AvgIpc) is 2.59. The molecule has 0 spiro atoms. The summed E-state index contributed by atoms with van der Waals surface area (Å²) in [7, 11) is 4.14. The second kappa shape index (κ2) is 7.60. The quantitative estimate of drug-likeness (QED) is 0.858. The normalized spacial score (nSPS) is 11.8. The number of nitrogens with zero attached hydrogens (tertiary/aromatic N) is 1. The number of nitrogens with one attached hydrogen (secondary N) is 1. The van der Waals surface area contributed by atoms with Gasteiger partial charge in [-0.1, -0.05) is 42.5 Å². The Balaban J connectivity index is 2.23. The summed E-state index contributed by atoms with van der Waals surface area (Å²) in [6.45, 7) is 0. The van der Waals surface area contributed by atoms with E-state index in [1.807, 2.05) is 42.5 Å². The molecular formula is C17H20N2O4. The number of methoxy groups -OCH3 is 1. The van der Waals surface area contributed by atoms with E-state index in [-0.39, 0.29) is 5.91 Å². The van der Waals surface area contributed by atoms with Crippen molar-refractivity contribution in [1.82, 2.24) is 10.4 Å². The molecule has 0 saturated heterocycles. The Kier molecular flexibility index (Phi) is 5.54. The van der Waals surface area contributed by atoms with Crippen molar-refractivity contribution < 1.29 is 19.2 Å². The SMILES string of the molecule is COC(=O)N[C@@H](Cc1ccc2ccccc2c1)C(=O)N(C)OC. The minimum atomic E-state index is -0.770. The van der Waals surface area contributed by atoms with Crippen LogP contribution in [0.5, 0.6) is 0 Å². The molecule has 6 heteroatoms. The summed E-state index contributed by atoms with van der Waals surface area (Å²) in [4.78, 5) is 28.7. The molecule has 0 aliphatic rings. The van der Waals surface area contributed by atoms with Crippen molar-refractivity contribution in [1.29, 1.82) is 0 Å². The Morgan fingerprint density at radius 1 is 1.13 bits per heavy atom. The van der Waals surface area contributed by atoms with Gasteiger partial charge in [0.15, 0.2) is 0 Å². The van der Waals surface area contributed by atoms with Crippen LogP contribution in [0, 0.1) is 0 Å². The minimum Gasteiger partial charge on any atom is -0.453 e. The Morgan fingerprint density at radius 2 is 1.83 bits per heavy atom. The van der Waals surface area contributed by atoms with E-state index in [0.717, 1.165) is 21.4 Å². The van der Waals surface area contributed by atoms with Crippen LogP contribution in [0.3, 0.4) is 0 Å². The van der Waals surface area contributed by atoms with Gasteiger partial charge in [-0.3, -0.25) is 9.63 Å². The molecule has 2 aromatic rings. The first-order valence-corrected chi connectivity index (χ1v) is 7.19. The fourth-order valence-corrected chi connectivity index (χ4v) is 2.31. The first-order valence-electron chi connectivity index (χ1n) is 7.19. The summed E-state index contributed by atoms with van der Waals surface area (Å²) in [5, 5.41) is 5.83. The number of fused-ring (bicyclic) bond motifs is 1. The number of amides is 2. The topological polar surface area (TPSA) is 67.9 Å². The van der Waals surface area contributed by atoms with Crippen LogP contribution >= 0.6 is 0 Å². The van der Waals surface area contributed by atoms with Crippen LogP contribution in [0.2, 0.25) is 0 Å². The van der Waals surface area contributed by atoms with Crippen LogP contribution in [0.1, 0.15) is 5.56 Å². The molecule has 0 radical (unpaired) electrons. The molecule has 0 saturated carbocycles. The number of carbonyl (C=O) groups excluding carboxylic acids is 2. The van der Waals surface area contributed by atoms with E-state index >= 15 is 0 Å². The van der Waals surface area contributed by atoms with Crippen LogP contribution < -0.4 is 5.32 Å². The van der Waals surface area contributed by atoms with Gasteiger partial charge in [0.25, 0.3) is 5.91 Å². The third kappa shape index (κ3) is 4.20. The van der Waals surface area contributed by atoms with E-state index in [1.54, 1.807) is 0 Å². The van der Waals surface area contributed by atoms with E-state index in [9.17, 15) is 9.59 Å². The number of likely N-dealkylation sites (N-methyl/N-ethyl adjacent to an activating group) is 1. The molecule has 0 heterocycles. The molecule has 0 fully saturated rings. The molecule has 6 nitrogen and oxygen atoms in total. The maximum atomic E-state index is 12.3. The van der Waals surface area contributed by atoms with Gasteiger partial charge in [-0.25, -0.2) is 9.86 Å². The highest BCUT2D eigenvalue weighted by Crippen LogP contribution is 2.17. The fourth-order valence-electron chi connectivity index (χ4n) is 2.31. The monoisotopic (exact) mass is 316 g/mol. The molecule has 2 aromatic carbocycles. The van der Waals surface area contributed by atoms with Crippen molar-refractivity contribution in [2.24, 2.45) is 0 Å². The predicted octanol–water partition coefficient (Wildman–Crippen LogP) is 2.13. The lowest BCUT2D eigenvalue weighted by molar-refractivity contribution is -0.170. The van der Waals surface area contributed by atoms with Crippen LogP contribution in [0.15, 0.2) is 42.5 Å². The van der Waals surface area contributed by atoms with Gasteiger partial charge in [-0.2, -0.15) is 0 Å². The standard InChI is InChI=1S/C17H20N2O4/c1-19(23-3)16(20)15(18-17(21)22-2)11-12-8-9-13-6-4-5-7-14(13)10-12/h4-10,15H,11H2,1-3H3,(H,18,21)/t15-/m0/s1. The Hall–Kier alpha value is -2.60. The largest absolute Gasteiger partial charge is 0.453 e. The Labute approximate surface area is 134 Å². The van der Waals surface area contributed by atoms with Gasteiger partial charge < -0.3 is 10.1 Å². The molecule has 0 bridgehead atoms. The minimum absolute atomic E-state index is 0.340. The lowest BCUT2D eigenvalue weighted by Gasteiger charge is -2.22. The third-order valence-corrected chi connectivity index (χ3v) is 3.61. The predicted molar refractivity (Wildman–Crippen MR) is 86.8 cm³/mol. The summed E-state index contributed by atoms with van der Waals surface area (Å²) < 4.78 is 4.59. The van der Waals surface area contributed by atoms with Crippen molar-refractivity contribution in [2.75, 3.05) is 21.3 Å². The highest BCUT2D eigenvalue weighted by atomic mass is 16.7. The first kappa shape index (κ1) is 16.8. The maximum Gasteiger partial charge on any atom is 0.407 e. The van der Waals surface area contributed by atoms with Crippen molar-refractivity contribution >= 4 is 22.8 Å². The lowest BCUT2D eigenvalue weighted by Crippen LogP contribution is -2.48. The summed E-state index contributed by atoms with van der Waals surface area (Å²) in [6, 6.07) is 13.1. The zero-order valence-corrected chi connectivity index (χ0v) is 13.4. The number of hydrogen-bond acceptors (Lipinski definition) is 4. The van der Waals surface area contributed by atoms with Crippen LogP contribution in [0.4, 0.5) is 4.79 Å². The van der Waals surface area contributed by atoms with E-state index in [0.29, 0.717) is 6.42 Å². The highest BCUT2D eigenvalue weighted by Gasteiger charge is 2.25. The zero-order chi connectivity index (χ0) is 16.8. The summed E-state index contributed by atoms with van der Waals surface area (Å²) >= 11 is 0. The smallest absolute Gasteiger partial charge is 0.407 e. The van der Waals surface area contributed by atoms with Gasteiger partial charge >= 0.3 is 6.09 Å². The first-order chi connectivity index (χ1) is 11.0. The second-order valence-corrected chi connectivity index (χ2v) is 5.09. The molecule has 1 atom stereocenters. The number of hydrogen-bond donors (Lipinski definition) is 1. The van der Waals surface area contributed by atoms with Crippen molar-refractivity contribution in [3.05, 3.63) is 48.0 Å². The summed E-state index contributed by atoms with van der Waals surface area (Å²) in [5.74, 6) is -0.356. The van der Waals surface area contributed by atoms with Crippen LogP contribution in [0.25, 0.3) is 10.8 Å². The molecule has 0 aromatic heterocycles. The average molecular weight is 316 g/mol. The molecule has 2 amide bonds. The van der Waals surface area contributed by atoms with Gasteiger partial charge in [0.05, 0.1) is 14.2 Å². The molecule has 122 valence electrons. The molecule has 2 rings (SSSR count). The van der Waals surface area contributed by atoms with Crippen LogP contribution in [-0.4, -0.2) is 44.4 Å². The van der Waals surface area contributed by atoms with Gasteiger partial charge in [0, 0.05) is 13.5 Å². The molecule has 0 unspecified atom stereocenters. The Morgan fingerprint density at radius 3 is 2.48 bits per heavy atom. The van der Waals surface area contributed by atoms with Crippen molar-refractivity contribution in [3.8, 4) is 0 Å². The number of hydroxylamine groups is 2. The lowest BCUT2D eigenvalue weighted by atomic mass is 10.0. The number of benzene rings is 2. The number of alkyl carbamates (subject to hydrolysis) is 1. The molecule has 0 aliphatic carbocycles. The number of rotatable bonds is 5.